The fraction of sp³-hybridized carbons (Fsp3) is 0.611. The zero-order chi connectivity index (χ0) is 17.9. The fourth-order valence-electron chi connectivity index (χ4n) is 3.22. The fourth-order valence-corrected chi connectivity index (χ4v) is 4.14. The molecule has 1 amide bonds. The molecule has 1 aliphatic heterocycles. The molecular formula is C18H28N2O3S. The predicted molar refractivity (Wildman–Crippen MR) is 97.9 cm³/mol. The molecule has 1 heterocycles. The van der Waals surface area contributed by atoms with Crippen molar-refractivity contribution in [3.8, 4) is 0 Å². The highest BCUT2D eigenvalue weighted by molar-refractivity contribution is 7.92. The van der Waals surface area contributed by atoms with E-state index in [2.05, 4.69) is 0 Å². The van der Waals surface area contributed by atoms with Crippen molar-refractivity contribution in [1.82, 2.24) is 4.90 Å². The number of sulfonamides is 1. The van der Waals surface area contributed by atoms with E-state index in [-0.39, 0.29) is 18.4 Å². The van der Waals surface area contributed by atoms with Crippen molar-refractivity contribution in [3.63, 3.8) is 0 Å². The van der Waals surface area contributed by atoms with E-state index in [1.54, 1.807) is 4.90 Å². The van der Waals surface area contributed by atoms with Crippen LogP contribution in [0.1, 0.15) is 50.2 Å². The van der Waals surface area contributed by atoms with Gasteiger partial charge in [-0.25, -0.2) is 8.42 Å². The van der Waals surface area contributed by atoms with Crippen molar-refractivity contribution in [2.24, 2.45) is 0 Å². The Bertz CT molecular complexity index is 692. The molecule has 1 aliphatic rings. The lowest BCUT2D eigenvalue weighted by Gasteiger charge is -2.32. The number of hydrogen-bond acceptors (Lipinski definition) is 3. The van der Waals surface area contributed by atoms with Gasteiger partial charge >= 0.3 is 0 Å². The molecule has 134 valence electrons. The second kappa shape index (κ2) is 7.55. The Morgan fingerprint density at radius 3 is 2.38 bits per heavy atom. The van der Waals surface area contributed by atoms with Gasteiger partial charge in [0.15, 0.2) is 0 Å². The van der Waals surface area contributed by atoms with Crippen molar-refractivity contribution >= 4 is 21.6 Å². The molecule has 1 aromatic rings. The van der Waals surface area contributed by atoms with E-state index in [9.17, 15) is 13.2 Å². The second-order valence-electron chi connectivity index (χ2n) is 6.88. The highest BCUT2D eigenvalue weighted by Crippen LogP contribution is 2.32. The SMILES string of the molecule is Cc1cccc(C(C)C)c1N(CC(=O)N1CCCCC1)S(C)(=O)=O. The summed E-state index contributed by atoms with van der Waals surface area (Å²) in [7, 11) is -3.54. The third kappa shape index (κ3) is 4.29. The lowest BCUT2D eigenvalue weighted by molar-refractivity contribution is -0.130. The van der Waals surface area contributed by atoms with Gasteiger partial charge in [-0.2, -0.15) is 0 Å². The van der Waals surface area contributed by atoms with Crippen LogP contribution in [0.3, 0.4) is 0 Å². The summed E-state index contributed by atoms with van der Waals surface area (Å²) >= 11 is 0. The predicted octanol–water partition coefficient (Wildman–Crippen LogP) is 2.90. The number of hydrogen-bond donors (Lipinski definition) is 0. The number of likely N-dealkylation sites (tertiary alicyclic amines) is 1. The van der Waals surface area contributed by atoms with Crippen molar-refractivity contribution < 1.29 is 13.2 Å². The Kier molecular flexibility index (Phi) is 5.91. The highest BCUT2D eigenvalue weighted by atomic mass is 32.2. The molecule has 0 aromatic heterocycles. The molecule has 0 unspecified atom stereocenters. The third-order valence-electron chi connectivity index (χ3n) is 4.53. The minimum atomic E-state index is -3.54. The van der Waals surface area contributed by atoms with Gasteiger partial charge in [0.2, 0.25) is 15.9 Å². The van der Waals surface area contributed by atoms with Gasteiger partial charge in [-0.15, -0.1) is 0 Å². The number of rotatable bonds is 5. The average molecular weight is 353 g/mol. The Hall–Kier alpha value is -1.56. The van der Waals surface area contributed by atoms with Crippen LogP contribution >= 0.6 is 0 Å². The van der Waals surface area contributed by atoms with Crippen LogP contribution in [0.25, 0.3) is 0 Å². The second-order valence-corrected chi connectivity index (χ2v) is 8.79. The van der Waals surface area contributed by atoms with Crippen LogP contribution in [0.4, 0.5) is 5.69 Å². The van der Waals surface area contributed by atoms with E-state index in [1.807, 2.05) is 39.0 Å². The number of para-hydroxylation sites is 1. The number of nitrogens with zero attached hydrogens (tertiary/aromatic N) is 2. The minimum absolute atomic E-state index is 0.113. The van der Waals surface area contributed by atoms with E-state index in [0.717, 1.165) is 43.5 Å². The first kappa shape index (κ1) is 18.8. The van der Waals surface area contributed by atoms with Gasteiger partial charge in [-0.05, 0) is 43.2 Å². The molecule has 0 aliphatic carbocycles. The highest BCUT2D eigenvalue weighted by Gasteiger charge is 2.28. The van der Waals surface area contributed by atoms with Crippen molar-refractivity contribution in [1.29, 1.82) is 0 Å². The number of anilines is 1. The molecule has 0 spiro atoms. The number of amides is 1. The summed E-state index contributed by atoms with van der Waals surface area (Å²) in [6.07, 6.45) is 4.29. The average Bonchev–Trinajstić information content (AvgIpc) is 2.52. The maximum atomic E-state index is 12.6. The van der Waals surface area contributed by atoms with E-state index >= 15 is 0 Å². The summed E-state index contributed by atoms with van der Waals surface area (Å²) in [5, 5.41) is 0. The molecule has 0 bridgehead atoms. The molecule has 2 rings (SSSR count). The standard InChI is InChI=1S/C18H28N2O3S/c1-14(2)16-10-8-9-15(3)18(16)20(24(4,22)23)13-17(21)19-11-6-5-7-12-19/h8-10,14H,5-7,11-13H2,1-4H3. The molecule has 5 nitrogen and oxygen atoms in total. The van der Waals surface area contributed by atoms with Crippen LogP contribution in [0.2, 0.25) is 0 Å². The van der Waals surface area contributed by atoms with E-state index < -0.39 is 10.0 Å². The third-order valence-corrected chi connectivity index (χ3v) is 5.64. The van der Waals surface area contributed by atoms with E-state index in [4.69, 9.17) is 0 Å². The smallest absolute Gasteiger partial charge is 0.243 e. The van der Waals surface area contributed by atoms with E-state index in [1.165, 1.54) is 10.6 Å². The number of benzene rings is 1. The number of carbonyl (C=O) groups excluding carboxylic acids is 1. The molecule has 0 radical (unpaired) electrons. The van der Waals surface area contributed by atoms with Crippen LogP contribution in [-0.4, -0.2) is 45.1 Å². The molecule has 1 aromatic carbocycles. The molecule has 6 heteroatoms. The molecule has 1 saturated heterocycles. The summed E-state index contributed by atoms with van der Waals surface area (Å²) < 4.78 is 26.2. The normalized spacial score (nSPS) is 15.6. The van der Waals surface area contributed by atoms with Crippen molar-refractivity contribution in [2.45, 2.75) is 46.0 Å². The zero-order valence-electron chi connectivity index (χ0n) is 15.1. The lowest BCUT2D eigenvalue weighted by atomic mass is 9.98. The Morgan fingerprint density at radius 1 is 1.21 bits per heavy atom. The number of carbonyl (C=O) groups is 1. The zero-order valence-corrected chi connectivity index (χ0v) is 15.9. The summed E-state index contributed by atoms with van der Waals surface area (Å²) in [5.74, 6) is 0.0623. The minimum Gasteiger partial charge on any atom is -0.341 e. The topological polar surface area (TPSA) is 57.7 Å². The molecule has 1 fully saturated rings. The maximum absolute atomic E-state index is 12.6. The van der Waals surface area contributed by atoms with Gasteiger partial charge in [0.1, 0.15) is 6.54 Å². The van der Waals surface area contributed by atoms with Crippen molar-refractivity contribution in [2.75, 3.05) is 30.2 Å². The Labute approximate surface area is 145 Å². The molecule has 0 N–H and O–H groups in total. The number of aryl methyl sites for hydroxylation is 1. The Balaban J connectivity index is 2.39. The quantitative estimate of drug-likeness (QED) is 0.819. The van der Waals surface area contributed by atoms with Crippen LogP contribution in [-0.2, 0) is 14.8 Å². The number of piperidine rings is 1. The first-order valence-corrected chi connectivity index (χ1v) is 10.4. The summed E-state index contributed by atoms with van der Waals surface area (Å²) in [6, 6.07) is 5.77. The molecule has 0 atom stereocenters. The van der Waals surface area contributed by atoms with Gasteiger partial charge in [-0.3, -0.25) is 9.10 Å². The Morgan fingerprint density at radius 2 is 1.83 bits per heavy atom. The van der Waals surface area contributed by atoms with Crippen LogP contribution in [0.5, 0.6) is 0 Å². The van der Waals surface area contributed by atoms with Gasteiger partial charge in [0.25, 0.3) is 0 Å². The van der Waals surface area contributed by atoms with Crippen LogP contribution in [0.15, 0.2) is 18.2 Å². The van der Waals surface area contributed by atoms with Gasteiger partial charge in [0, 0.05) is 13.1 Å². The molecular weight excluding hydrogens is 324 g/mol. The van der Waals surface area contributed by atoms with Crippen molar-refractivity contribution in [3.05, 3.63) is 29.3 Å². The maximum Gasteiger partial charge on any atom is 0.243 e. The van der Waals surface area contributed by atoms with Gasteiger partial charge < -0.3 is 4.90 Å². The van der Waals surface area contributed by atoms with E-state index in [0.29, 0.717) is 5.69 Å². The lowest BCUT2D eigenvalue weighted by Crippen LogP contribution is -2.45. The first-order valence-electron chi connectivity index (χ1n) is 8.57. The summed E-state index contributed by atoms with van der Waals surface area (Å²) in [5.41, 5.74) is 2.48. The van der Waals surface area contributed by atoms with Crippen LogP contribution in [0, 0.1) is 6.92 Å². The molecule has 24 heavy (non-hydrogen) atoms. The van der Waals surface area contributed by atoms with Gasteiger partial charge in [0.05, 0.1) is 11.9 Å². The molecule has 0 saturated carbocycles. The largest absolute Gasteiger partial charge is 0.341 e. The monoisotopic (exact) mass is 352 g/mol. The summed E-state index contributed by atoms with van der Waals surface area (Å²) in [6.45, 7) is 7.28. The first-order chi connectivity index (χ1) is 11.2. The summed E-state index contributed by atoms with van der Waals surface area (Å²) in [4.78, 5) is 14.4. The van der Waals surface area contributed by atoms with Gasteiger partial charge in [-0.1, -0.05) is 32.0 Å². The van der Waals surface area contributed by atoms with Crippen LogP contribution < -0.4 is 4.31 Å².